The minimum atomic E-state index is -0.128. The molecule has 1 aliphatic rings. The zero-order chi connectivity index (χ0) is 25.2. The summed E-state index contributed by atoms with van der Waals surface area (Å²) in [5, 5.41) is 7.68. The van der Waals surface area contributed by atoms with Gasteiger partial charge >= 0.3 is 0 Å². The molecule has 182 valence electrons. The number of carbonyl (C=O) groups excluding carboxylic acids is 2. The number of aromatic nitrogens is 2. The molecule has 0 radical (unpaired) electrons. The molecule has 0 spiro atoms. The Kier molecular flexibility index (Phi) is 6.42. The van der Waals surface area contributed by atoms with Crippen LogP contribution in [0.1, 0.15) is 39.8 Å². The van der Waals surface area contributed by atoms with Crippen molar-refractivity contribution in [2.75, 3.05) is 6.54 Å². The van der Waals surface area contributed by atoms with Gasteiger partial charge in [-0.1, -0.05) is 48.5 Å². The minimum absolute atomic E-state index is 0.0442. The number of para-hydroxylation sites is 1. The van der Waals surface area contributed by atoms with Gasteiger partial charge in [-0.05, 0) is 61.7 Å². The lowest BCUT2D eigenvalue weighted by Gasteiger charge is -2.12. The van der Waals surface area contributed by atoms with Crippen LogP contribution in [0.3, 0.4) is 0 Å². The van der Waals surface area contributed by atoms with E-state index in [-0.39, 0.29) is 24.2 Å². The summed E-state index contributed by atoms with van der Waals surface area (Å²) < 4.78 is 7.97. The molecule has 0 unspecified atom stereocenters. The summed E-state index contributed by atoms with van der Waals surface area (Å²) in [6.45, 7) is 5.95. The Morgan fingerprint density at radius 3 is 2.56 bits per heavy atom. The van der Waals surface area contributed by atoms with Crippen molar-refractivity contribution < 1.29 is 14.3 Å². The van der Waals surface area contributed by atoms with Crippen molar-refractivity contribution in [1.82, 2.24) is 15.1 Å². The molecule has 1 aliphatic heterocycles. The quantitative estimate of drug-likeness (QED) is 0.378. The second-order valence-corrected chi connectivity index (χ2v) is 9.25. The third kappa shape index (κ3) is 4.67. The Morgan fingerprint density at radius 2 is 1.78 bits per heavy atom. The molecule has 6 heteroatoms. The van der Waals surface area contributed by atoms with Gasteiger partial charge in [0.15, 0.2) is 5.78 Å². The number of Topliss-reactive ketones (excluding diaryl/α,β-unsaturated/α-hetero) is 1. The molecule has 0 saturated carbocycles. The van der Waals surface area contributed by atoms with Gasteiger partial charge in [0.25, 0.3) is 0 Å². The first-order valence-electron chi connectivity index (χ1n) is 12.2. The third-order valence-electron chi connectivity index (χ3n) is 6.73. The van der Waals surface area contributed by atoms with Crippen LogP contribution in [0.2, 0.25) is 0 Å². The molecule has 6 nitrogen and oxygen atoms in total. The van der Waals surface area contributed by atoms with Gasteiger partial charge in [-0.25, -0.2) is 4.68 Å². The predicted octanol–water partition coefficient (Wildman–Crippen LogP) is 5.02. The number of fused-ring (bicyclic) bond motifs is 1. The fraction of sp³-hybridized carbons (Fsp3) is 0.233. The average Bonchev–Trinajstić information content (AvgIpc) is 3.43. The van der Waals surface area contributed by atoms with E-state index in [0.29, 0.717) is 18.5 Å². The first-order valence-corrected chi connectivity index (χ1v) is 12.2. The third-order valence-corrected chi connectivity index (χ3v) is 6.73. The number of ether oxygens (including phenoxy) is 1. The second kappa shape index (κ2) is 9.82. The van der Waals surface area contributed by atoms with Gasteiger partial charge in [-0.2, -0.15) is 5.10 Å². The lowest BCUT2D eigenvalue weighted by atomic mass is 9.95. The molecule has 0 bridgehead atoms. The number of ketones is 1. The van der Waals surface area contributed by atoms with Crippen LogP contribution in [0.4, 0.5) is 0 Å². The second-order valence-electron chi connectivity index (χ2n) is 9.25. The molecule has 4 aromatic rings. The van der Waals surface area contributed by atoms with Crippen LogP contribution in [0.5, 0.6) is 5.75 Å². The summed E-state index contributed by atoms with van der Waals surface area (Å²) in [5.41, 5.74) is 7.46. The lowest BCUT2D eigenvalue weighted by molar-refractivity contribution is -0.120. The molecule has 5 rings (SSSR count). The van der Waals surface area contributed by atoms with Crippen LogP contribution < -0.4 is 10.1 Å². The van der Waals surface area contributed by atoms with Crippen molar-refractivity contribution in [3.63, 3.8) is 0 Å². The van der Waals surface area contributed by atoms with Crippen LogP contribution in [0.25, 0.3) is 16.8 Å². The van der Waals surface area contributed by atoms with Gasteiger partial charge < -0.3 is 10.1 Å². The van der Waals surface area contributed by atoms with E-state index < -0.39 is 0 Å². The summed E-state index contributed by atoms with van der Waals surface area (Å²) >= 11 is 0. The Bertz CT molecular complexity index is 1440. The maximum absolute atomic E-state index is 12.8. The number of nitrogens with one attached hydrogen (secondary N) is 1. The van der Waals surface area contributed by atoms with E-state index in [0.717, 1.165) is 45.1 Å². The molecule has 0 saturated heterocycles. The van der Waals surface area contributed by atoms with Gasteiger partial charge in [0.05, 0.1) is 24.3 Å². The molecular weight excluding hydrogens is 450 g/mol. The monoisotopic (exact) mass is 479 g/mol. The molecule has 1 N–H and O–H groups in total. The first kappa shape index (κ1) is 23.5. The highest BCUT2D eigenvalue weighted by Gasteiger charge is 2.25. The molecule has 0 fully saturated rings. The van der Waals surface area contributed by atoms with Crippen molar-refractivity contribution >= 4 is 11.7 Å². The summed E-state index contributed by atoms with van der Waals surface area (Å²) in [7, 11) is 0. The summed E-state index contributed by atoms with van der Waals surface area (Å²) in [6.07, 6.45) is 0.850. The smallest absolute Gasteiger partial charge is 0.224 e. The Labute approximate surface area is 210 Å². The Morgan fingerprint density at radius 1 is 1.03 bits per heavy atom. The van der Waals surface area contributed by atoms with E-state index in [1.54, 1.807) is 6.92 Å². The molecule has 2 heterocycles. The number of amides is 1. The average molecular weight is 480 g/mol. The number of benzene rings is 3. The van der Waals surface area contributed by atoms with Crippen LogP contribution >= 0.6 is 0 Å². The van der Waals surface area contributed by atoms with Crippen LogP contribution in [0, 0.1) is 13.8 Å². The van der Waals surface area contributed by atoms with Gasteiger partial charge in [0.1, 0.15) is 11.9 Å². The van der Waals surface area contributed by atoms with Crippen LogP contribution in [-0.2, 0) is 17.6 Å². The van der Waals surface area contributed by atoms with E-state index >= 15 is 0 Å². The largest absolute Gasteiger partial charge is 0.488 e. The zero-order valence-corrected chi connectivity index (χ0v) is 20.7. The number of carbonyl (C=O) groups is 2. The van der Waals surface area contributed by atoms with Gasteiger partial charge in [-0.3, -0.25) is 9.59 Å². The van der Waals surface area contributed by atoms with E-state index in [9.17, 15) is 9.59 Å². The highest BCUT2D eigenvalue weighted by molar-refractivity contribution is 6.00. The number of nitrogens with zero attached hydrogens (tertiary/aromatic N) is 2. The summed E-state index contributed by atoms with van der Waals surface area (Å²) in [6, 6.07) is 23.6. The Balaban J connectivity index is 1.22. The highest BCUT2D eigenvalue weighted by Crippen LogP contribution is 2.34. The lowest BCUT2D eigenvalue weighted by Crippen LogP contribution is -2.35. The van der Waals surface area contributed by atoms with Gasteiger partial charge in [0, 0.05) is 23.2 Å². The molecule has 1 atom stereocenters. The fourth-order valence-electron chi connectivity index (χ4n) is 4.85. The van der Waals surface area contributed by atoms with Crippen molar-refractivity contribution in [2.45, 2.75) is 39.7 Å². The Hall–Kier alpha value is -4.19. The predicted molar refractivity (Wildman–Crippen MR) is 140 cm³/mol. The SMILES string of the molecule is CC(=O)c1ccccc1-c1ccc2c(c1)C[C@@H](CNC(=O)Cc1c(C)nn(-c3ccccc3)c1C)O2. The molecule has 3 aromatic carbocycles. The van der Waals surface area contributed by atoms with Gasteiger partial charge in [-0.15, -0.1) is 0 Å². The number of rotatable bonds is 7. The molecule has 0 aliphatic carbocycles. The molecule has 1 amide bonds. The zero-order valence-electron chi connectivity index (χ0n) is 20.7. The van der Waals surface area contributed by atoms with Crippen LogP contribution in [0.15, 0.2) is 72.8 Å². The van der Waals surface area contributed by atoms with Crippen molar-refractivity contribution in [1.29, 1.82) is 0 Å². The first-order chi connectivity index (χ1) is 17.4. The van der Waals surface area contributed by atoms with Crippen molar-refractivity contribution in [3.05, 3.63) is 101 Å². The van der Waals surface area contributed by atoms with E-state index in [1.807, 2.05) is 85.3 Å². The summed E-state index contributed by atoms with van der Waals surface area (Å²) in [4.78, 5) is 24.8. The fourth-order valence-corrected chi connectivity index (χ4v) is 4.85. The van der Waals surface area contributed by atoms with Gasteiger partial charge in [0.2, 0.25) is 5.91 Å². The van der Waals surface area contributed by atoms with Crippen LogP contribution in [-0.4, -0.2) is 34.1 Å². The summed E-state index contributed by atoms with van der Waals surface area (Å²) in [5.74, 6) is 0.821. The van der Waals surface area contributed by atoms with E-state index in [2.05, 4.69) is 16.5 Å². The van der Waals surface area contributed by atoms with E-state index in [1.165, 1.54) is 0 Å². The maximum atomic E-state index is 12.8. The van der Waals surface area contributed by atoms with Crippen molar-refractivity contribution in [2.24, 2.45) is 0 Å². The maximum Gasteiger partial charge on any atom is 0.224 e. The number of aryl methyl sites for hydroxylation is 1. The molecule has 1 aromatic heterocycles. The number of hydrogen-bond donors (Lipinski definition) is 1. The highest BCUT2D eigenvalue weighted by atomic mass is 16.5. The standard InChI is InChI=1S/C30H29N3O3/c1-19-28(20(2)33(32-19)24-9-5-4-6-10-24)17-30(35)31-18-25-16-23-15-22(13-14-29(23)36-25)27-12-8-7-11-26(27)21(3)34/h4-15,25H,16-18H2,1-3H3,(H,31,35)/t25-/m0/s1. The van der Waals surface area contributed by atoms with E-state index in [4.69, 9.17) is 4.74 Å². The topological polar surface area (TPSA) is 73.2 Å². The molecular formula is C30H29N3O3. The normalized spacial score (nSPS) is 14.2. The molecule has 36 heavy (non-hydrogen) atoms. The minimum Gasteiger partial charge on any atom is -0.488 e. The number of hydrogen-bond acceptors (Lipinski definition) is 4. The van der Waals surface area contributed by atoms with Crippen molar-refractivity contribution in [3.8, 4) is 22.6 Å².